The van der Waals surface area contributed by atoms with E-state index in [1.54, 1.807) is 4.68 Å². The van der Waals surface area contributed by atoms with Crippen LogP contribution >= 0.6 is 0 Å². The van der Waals surface area contributed by atoms with Gasteiger partial charge in [0.05, 0.1) is 6.04 Å². The number of halogens is 3. The molecule has 3 aliphatic rings. The standard InChI is InChI=1S/C20H25N5O2.C2HF3O2/c26-18(11-14-12-21-17-4-2-1-3-16(14)17)24-9-7-15(8-10-24)25-20(27)22-19(23-25)13-5-6-13;3-2(4,5)1(6)7/h1-4,13-15,21H,5-12H2,(H,22,23,27);(H,6,7). The van der Waals surface area contributed by atoms with Crippen LogP contribution in [0.3, 0.4) is 0 Å². The third kappa shape index (κ3) is 5.42. The molecule has 12 heteroatoms. The van der Waals surface area contributed by atoms with Gasteiger partial charge in [-0.05, 0) is 37.3 Å². The molecule has 0 bridgehead atoms. The molecule has 1 aliphatic carbocycles. The second-order valence-corrected chi connectivity index (χ2v) is 8.82. The number of para-hydroxylation sites is 1. The number of aromatic amines is 1. The fraction of sp³-hybridized carbons (Fsp3) is 0.545. The average Bonchev–Trinajstić information content (AvgIpc) is 3.47. The summed E-state index contributed by atoms with van der Waals surface area (Å²) >= 11 is 0. The van der Waals surface area contributed by atoms with E-state index in [0.29, 0.717) is 25.4 Å². The molecule has 1 saturated carbocycles. The Morgan fingerprint density at radius 1 is 1.12 bits per heavy atom. The number of benzene rings is 1. The lowest BCUT2D eigenvalue weighted by Crippen LogP contribution is -2.41. The van der Waals surface area contributed by atoms with E-state index in [-0.39, 0.29) is 23.6 Å². The quantitative estimate of drug-likeness (QED) is 0.618. The zero-order valence-corrected chi connectivity index (χ0v) is 18.3. The Hall–Kier alpha value is -3.31. The molecule has 2 aromatic rings. The first-order chi connectivity index (χ1) is 16.1. The average molecular weight is 481 g/mol. The summed E-state index contributed by atoms with van der Waals surface area (Å²) in [6, 6.07) is 8.34. The van der Waals surface area contributed by atoms with Crippen LogP contribution in [0.15, 0.2) is 29.1 Å². The van der Waals surface area contributed by atoms with Gasteiger partial charge in [0, 0.05) is 43.6 Å². The molecule has 1 unspecified atom stereocenters. The molecule has 0 radical (unpaired) electrons. The van der Waals surface area contributed by atoms with Gasteiger partial charge in [-0.15, -0.1) is 0 Å². The highest BCUT2D eigenvalue weighted by Crippen LogP contribution is 2.38. The van der Waals surface area contributed by atoms with Crippen LogP contribution in [0.25, 0.3) is 0 Å². The van der Waals surface area contributed by atoms with Gasteiger partial charge in [-0.1, -0.05) is 18.2 Å². The van der Waals surface area contributed by atoms with E-state index in [4.69, 9.17) is 9.90 Å². The van der Waals surface area contributed by atoms with Crippen molar-refractivity contribution < 1.29 is 27.9 Å². The molecule has 184 valence electrons. The lowest BCUT2D eigenvalue weighted by molar-refractivity contribution is -0.192. The summed E-state index contributed by atoms with van der Waals surface area (Å²) in [6.07, 6.45) is -0.707. The van der Waals surface area contributed by atoms with Crippen molar-refractivity contribution in [2.24, 2.45) is 0 Å². The predicted molar refractivity (Wildman–Crippen MR) is 116 cm³/mol. The minimum Gasteiger partial charge on any atom is -0.475 e. The summed E-state index contributed by atoms with van der Waals surface area (Å²) in [5, 5.41) is 15.0. The van der Waals surface area contributed by atoms with Crippen molar-refractivity contribution >= 4 is 17.6 Å². The van der Waals surface area contributed by atoms with Crippen molar-refractivity contribution in [2.75, 3.05) is 25.0 Å². The first-order valence-electron chi connectivity index (χ1n) is 11.2. The number of nitrogens with one attached hydrogen (secondary N) is 2. The number of fused-ring (bicyclic) bond motifs is 1. The summed E-state index contributed by atoms with van der Waals surface area (Å²) in [6.45, 7) is 2.22. The van der Waals surface area contributed by atoms with E-state index in [0.717, 1.165) is 43.7 Å². The summed E-state index contributed by atoms with van der Waals surface area (Å²) in [5.74, 6) is -1.01. The summed E-state index contributed by atoms with van der Waals surface area (Å²) in [5.41, 5.74) is 2.30. The Labute approximate surface area is 192 Å². The molecule has 3 heterocycles. The minimum absolute atomic E-state index is 0.0965. The molecule has 34 heavy (non-hydrogen) atoms. The van der Waals surface area contributed by atoms with Crippen molar-refractivity contribution in [3.05, 3.63) is 46.1 Å². The van der Waals surface area contributed by atoms with Gasteiger partial charge in [-0.25, -0.2) is 14.3 Å². The third-order valence-corrected chi connectivity index (χ3v) is 6.39. The van der Waals surface area contributed by atoms with Gasteiger partial charge < -0.3 is 15.3 Å². The van der Waals surface area contributed by atoms with E-state index in [1.165, 1.54) is 5.56 Å². The number of aliphatic carboxylic acids is 1. The van der Waals surface area contributed by atoms with E-state index in [1.807, 2.05) is 17.0 Å². The molecule has 1 aromatic carbocycles. The Bertz CT molecular complexity index is 1100. The molecule has 2 aliphatic heterocycles. The number of aromatic nitrogens is 3. The molecule has 5 rings (SSSR count). The van der Waals surface area contributed by atoms with Gasteiger partial charge >= 0.3 is 17.8 Å². The largest absolute Gasteiger partial charge is 0.490 e. The highest BCUT2D eigenvalue weighted by atomic mass is 19.4. The number of carbonyl (C=O) groups is 2. The van der Waals surface area contributed by atoms with Crippen LogP contribution in [0, 0.1) is 0 Å². The van der Waals surface area contributed by atoms with Crippen LogP contribution in [0.4, 0.5) is 18.9 Å². The number of H-pyrrole nitrogens is 1. The Balaban J connectivity index is 0.000000344. The normalized spacial score (nSPS) is 20.2. The van der Waals surface area contributed by atoms with Crippen molar-refractivity contribution in [1.82, 2.24) is 19.7 Å². The fourth-order valence-corrected chi connectivity index (χ4v) is 4.38. The number of nitrogens with zero attached hydrogens (tertiary/aromatic N) is 3. The molecule has 0 spiro atoms. The van der Waals surface area contributed by atoms with Crippen LogP contribution in [-0.4, -0.2) is 62.5 Å². The molecule has 3 N–H and O–H groups in total. The lowest BCUT2D eigenvalue weighted by atomic mass is 9.96. The molecule has 9 nitrogen and oxygen atoms in total. The summed E-state index contributed by atoms with van der Waals surface area (Å²) < 4.78 is 33.4. The van der Waals surface area contributed by atoms with Crippen molar-refractivity contribution in [2.45, 2.75) is 56.2 Å². The smallest absolute Gasteiger partial charge is 0.475 e. The zero-order chi connectivity index (χ0) is 24.5. The number of likely N-dealkylation sites (tertiary alicyclic amines) is 1. The van der Waals surface area contributed by atoms with Gasteiger partial charge in [0.2, 0.25) is 5.91 Å². The topological polar surface area (TPSA) is 120 Å². The Kier molecular flexibility index (Phi) is 6.67. The lowest BCUT2D eigenvalue weighted by Gasteiger charge is -2.32. The maximum absolute atomic E-state index is 12.8. The second kappa shape index (κ2) is 9.51. The number of rotatable bonds is 4. The first-order valence-corrected chi connectivity index (χ1v) is 11.2. The number of hydrogen-bond donors (Lipinski definition) is 3. The number of hydrogen-bond acceptors (Lipinski definition) is 5. The maximum atomic E-state index is 12.8. The summed E-state index contributed by atoms with van der Waals surface area (Å²) in [7, 11) is 0. The molecule has 1 aromatic heterocycles. The van der Waals surface area contributed by atoms with Crippen molar-refractivity contribution in [1.29, 1.82) is 0 Å². The summed E-state index contributed by atoms with van der Waals surface area (Å²) in [4.78, 5) is 38.7. The highest BCUT2D eigenvalue weighted by Gasteiger charge is 2.38. The zero-order valence-electron chi connectivity index (χ0n) is 18.3. The minimum atomic E-state index is -5.08. The number of piperidine rings is 1. The van der Waals surface area contributed by atoms with E-state index < -0.39 is 12.1 Å². The first kappa shape index (κ1) is 23.8. The number of alkyl halides is 3. The van der Waals surface area contributed by atoms with Gasteiger partial charge in [0.1, 0.15) is 5.82 Å². The van der Waals surface area contributed by atoms with Gasteiger partial charge in [0.15, 0.2) is 0 Å². The van der Waals surface area contributed by atoms with Gasteiger partial charge in [0.25, 0.3) is 0 Å². The van der Waals surface area contributed by atoms with Crippen LogP contribution < -0.4 is 11.0 Å². The molecular weight excluding hydrogens is 455 g/mol. The Morgan fingerprint density at radius 3 is 2.38 bits per heavy atom. The predicted octanol–water partition coefficient (Wildman–Crippen LogP) is 2.85. The van der Waals surface area contributed by atoms with E-state index >= 15 is 0 Å². The van der Waals surface area contributed by atoms with Crippen LogP contribution in [0.5, 0.6) is 0 Å². The van der Waals surface area contributed by atoms with Crippen LogP contribution in [0.1, 0.15) is 61.4 Å². The molecule has 1 amide bonds. The van der Waals surface area contributed by atoms with Crippen LogP contribution in [0.2, 0.25) is 0 Å². The Morgan fingerprint density at radius 2 is 1.76 bits per heavy atom. The molecule has 1 atom stereocenters. The third-order valence-electron chi connectivity index (χ3n) is 6.39. The number of anilines is 1. The second-order valence-electron chi connectivity index (χ2n) is 8.82. The van der Waals surface area contributed by atoms with E-state index in [9.17, 15) is 22.8 Å². The highest BCUT2D eigenvalue weighted by molar-refractivity contribution is 5.78. The van der Waals surface area contributed by atoms with Crippen LogP contribution in [-0.2, 0) is 9.59 Å². The van der Waals surface area contributed by atoms with Gasteiger partial charge in [-0.2, -0.15) is 18.3 Å². The van der Waals surface area contributed by atoms with Crippen molar-refractivity contribution in [3.8, 4) is 0 Å². The van der Waals surface area contributed by atoms with Crippen molar-refractivity contribution in [3.63, 3.8) is 0 Å². The number of carbonyl (C=O) groups excluding carboxylic acids is 1. The van der Waals surface area contributed by atoms with Gasteiger partial charge in [-0.3, -0.25) is 9.78 Å². The molecule has 1 saturated heterocycles. The number of amides is 1. The van der Waals surface area contributed by atoms with E-state index in [2.05, 4.69) is 27.5 Å². The SMILES string of the molecule is O=C(CC1CNc2ccccc21)N1CCC(n2nc(C3CC3)[nH]c2=O)CC1.O=C(O)C(F)(F)F. The fourth-order valence-electron chi connectivity index (χ4n) is 4.38. The molecular formula is C22H26F3N5O4. The maximum Gasteiger partial charge on any atom is 0.490 e. The monoisotopic (exact) mass is 481 g/mol. The molecule has 2 fully saturated rings. The number of carboxylic acid groups (broad SMARTS) is 1. The number of carboxylic acids is 1.